The number of rotatable bonds is 7. The van der Waals surface area contributed by atoms with Crippen molar-refractivity contribution in [3.8, 4) is 0 Å². The lowest BCUT2D eigenvalue weighted by Gasteiger charge is -2.26. The van der Waals surface area contributed by atoms with Crippen molar-refractivity contribution < 1.29 is 26.4 Å². The summed E-state index contributed by atoms with van der Waals surface area (Å²) >= 11 is 0. The van der Waals surface area contributed by atoms with Gasteiger partial charge in [-0.2, -0.15) is 13.2 Å². The lowest BCUT2D eigenvalue weighted by Crippen LogP contribution is -2.41. The van der Waals surface area contributed by atoms with Gasteiger partial charge in [0.1, 0.15) is 6.54 Å². The van der Waals surface area contributed by atoms with Gasteiger partial charge in [-0.15, -0.1) is 0 Å². The lowest BCUT2D eigenvalue weighted by molar-refractivity contribution is -0.137. The van der Waals surface area contributed by atoms with Gasteiger partial charge in [-0.05, 0) is 49.7 Å². The zero-order chi connectivity index (χ0) is 24.2. The molecule has 0 unspecified atom stereocenters. The molecule has 3 aromatic carbocycles. The highest BCUT2D eigenvalue weighted by molar-refractivity contribution is 7.92. The number of amides is 1. The average Bonchev–Trinajstić information content (AvgIpc) is 2.77. The smallest absolute Gasteiger partial charge is 0.348 e. The van der Waals surface area contributed by atoms with E-state index in [-0.39, 0.29) is 10.6 Å². The van der Waals surface area contributed by atoms with Gasteiger partial charge in [0.25, 0.3) is 10.0 Å². The Morgan fingerprint density at radius 1 is 0.970 bits per heavy atom. The van der Waals surface area contributed by atoms with E-state index in [1.807, 2.05) is 6.07 Å². The van der Waals surface area contributed by atoms with Gasteiger partial charge >= 0.3 is 6.18 Å². The molecule has 9 heteroatoms. The Kier molecular flexibility index (Phi) is 7.12. The Bertz CT molecular complexity index is 1210. The van der Waals surface area contributed by atoms with E-state index < -0.39 is 40.3 Å². The molecular formula is C24H23F3N2O3S. The maximum atomic E-state index is 13.4. The molecule has 1 N–H and O–H groups in total. The van der Waals surface area contributed by atoms with E-state index in [1.54, 1.807) is 50.2 Å². The summed E-state index contributed by atoms with van der Waals surface area (Å²) in [5, 5.41) is 2.71. The summed E-state index contributed by atoms with van der Waals surface area (Å²) in [6.07, 6.45) is -4.67. The molecule has 0 aliphatic heterocycles. The number of nitrogens with one attached hydrogen (secondary N) is 1. The molecule has 0 radical (unpaired) electrons. The average molecular weight is 477 g/mol. The maximum Gasteiger partial charge on any atom is 0.416 e. The van der Waals surface area contributed by atoms with Gasteiger partial charge in [0.15, 0.2) is 0 Å². The normalized spacial score (nSPS) is 12.8. The van der Waals surface area contributed by atoms with Crippen LogP contribution in [-0.4, -0.2) is 20.9 Å². The lowest BCUT2D eigenvalue weighted by atomic mass is 10.1. The van der Waals surface area contributed by atoms with Crippen LogP contribution in [0.3, 0.4) is 0 Å². The number of aryl methyl sites for hydroxylation is 1. The number of nitrogens with zero attached hydrogens (tertiary/aromatic N) is 1. The van der Waals surface area contributed by atoms with Crippen LogP contribution in [0.25, 0.3) is 0 Å². The van der Waals surface area contributed by atoms with Gasteiger partial charge in [-0.1, -0.05) is 54.1 Å². The fourth-order valence-electron chi connectivity index (χ4n) is 3.23. The SMILES string of the molecule is Cc1ccc(S(=O)(=O)N(CC(=O)N[C@H](C)c2ccccc2)c2cccc(C(F)(F)F)c2)cc1. The third kappa shape index (κ3) is 5.92. The van der Waals surface area contributed by atoms with Crippen molar-refractivity contribution in [2.45, 2.75) is 31.0 Å². The van der Waals surface area contributed by atoms with Crippen molar-refractivity contribution in [3.05, 3.63) is 95.6 Å². The minimum Gasteiger partial charge on any atom is -0.348 e. The molecule has 0 aromatic heterocycles. The van der Waals surface area contributed by atoms with Crippen molar-refractivity contribution in [1.82, 2.24) is 5.32 Å². The third-order valence-electron chi connectivity index (χ3n) is 5.03. The molecule has 0 saturated heterocycles. The number of sulfonamides is 1. The molecule has 1 atom stereocenters. The van der Waals surface area contributed by atoms with Crippen LogP contribution in [0.1, 0.15) is 29.7 Å². The molecule has 0 bridgehead atoms. The second-order valence-corrected chi connectivity index (χ2v) is 9.44. The first kappa shape index (κ1) is 24.3. The molecule has 3 rings (SSSR count). The molecule has 0 saturated carbocycles. The van der Waals surface area contributed by atoms with Crippen LogP contribution in [-0.2, 0) is 21.0 Å². The first-order valence-corrected chi connectivity index (χ1v) is 11.5. The first-order valence-electron chi connectivity index (χ1n) is 10.1. The molecule has 0 spiro atoms. The van der Waals surface area contributed by atoms with Crippen molar-refractivity contribution in [1.29, 1.82) is 0 Å². The van der Waals surface area contributed by atoms with Gasteiger partial charge in [-0.3, -0.25) is 9.10 Å². The summed E-state index contributed by atoms with van der Waals surface area (Å²) in [5.41, 5.74) is 0.349. The predicted molar refractivity (Wildman–Crippen MR) is 120 cm³/mol. The number of alkyl halides is 3. The zero-order valence-corrected chi connectivity index (χ0v) is 18.8. The van der Waals surface area contributed by atoms with Crippen molar-refractivity contribution in [2.75, 3.05) is 10.8 Å². The highest BCUT2D eigenvalue weighted by Crippen LogP contribution is 2.33. The predicted octanol–water partition coefficient (Wildman–Crippen LogP) is 5.09. The minimum absolute atomic E-state index is 0.130. The van der Waals surface area contributed by atoms with Crippen LogP contribution in [0.15, 0.2) is 83.8 Å². The van der Waals surface area contributed by atoms with E-state index in [0.717, 1.165) is 29.3 Å². The Morgan fingerprint density at radius 2 is 1.61 bits per heavy atom. The molecular weight excluding hydrogens is 453 g/mol. The fraction of sp³-hybridized carbons (Fsp3) is 0.208. The summed E-state index contributed by atoms with van der Waals surface area (Å²) in [7, 11) is -4.32. The molecule has 0 fully saturated rings. The number of benzene rings is 3. The maximum absolute atomic E-state index is 13.4. The monoisotopic (exact) mass is 476 g/mol. The summed E-state index contributed by atoms with van der Waals surface area (Å²) in [5.74, 6) is -0.653. The van der Waals surface area contributed by atoms with Crippen LogP contribution < -0.4 is 9.62 Å². The van der Waals surface area contributed by atoms with Crippen LogP contribution >= 0.6 is 0 Å². The Balaban J connectivity index is 1.97. The summed E-state index contributed by atoms with van der Waals surface area (Å²) in [6.45, 7) is 2.82. The minimum atomic E-state index is -4.67. The summed E-state index contributed by atoms with van der Waals surface area (Å²) in [4.78, 5) is 12.7. The molecule has 0 aliphatic carbocycles. The van der Waals surface area contributed by atoms with Crippen LogP contribution in [0.2, 0.25) is 0 Å². The number of carbonyl (C=O) groups excluding carboxylic acids is 1. The summed E-state index contributed by atoms with van der Waals surface area (Å²) < 4.78 is 67.2. The van der Waals surface area contributed by atoms with Crippen LogP contribution in [0.5, 0.6) is 0 Å². The second-order valence-electron chi connectivity index (χ2n) is 7.57. The van der Waals surface area contributed by atoms with Crippen molar-refractivity contribution >= 4 is 21.6 Å². The van der Waals surface area contributed by atoms with Crippen LogP contribution in [0, 0.1) is 6.92 Å². The van der Waals surface area contributed by atoms with E-state index in [2.05, 4.69) is 5.32 Å². The number of hydrogen-bond donors (Lipinski definition) is 1. The number of hydrogen-bond acceptors (Lipinski definition) is 3. The molecule has 0 aliphatic rings. The van der Waals surface area contributed by atoms with E-state index in [9.17, 15) is 26.4 Å². The molecule has 0 heterocycles. The fourth-order valence-corrected chi connectivity index (χ4v) is 4.65. The largest absolute Gasteiger partial charge is 0.416 e. The highest BCUT2D eigenvalue weighted by atomic mass is 32.2. The molecule has 3 aromatic rings. The van der Waals surface area contributed by atoms with Gasteiger partial charge in [0, 0.05) is 0 Å². The Labute approximate surface area is 190 Å². The van der Waals surface area contributed by atoms with Crippen molar-refractivity contribution in [3.63, 3.8) is 0 Å². The molecule has 5 nitrogen and oxygen atoms in total. The van der Waals surface area contributed by atoms with E-state index in [4.69, 9.17) is 0 Å². The quantitative estimate of drug-likeness (QED) is 0.517. The number of carbonyl (C=O) groups is 1. The van der Waals surface area contributed by atoms with E-state index in [1.165, 1.54) is 18.2 Å². The summed E-state index contributed by atoms with van der Waals surface area (Å²) in [6, 6.07) is 18.4. The Hall–Kier alpha value is -3.33. The highest BCUT2D eigenvalue weighted by Gasteiger charge is 2.33. The van der Waals surface area contributed by atoms with Gasteiger partial charge < -0.3 is 5.32 Å². The number of halogens is 3. The zero-order valence-electron chi connectivity index (χ0n) is 18.0. The van der Waals surface area contributed by atoms with Crippen LogP contribution in [0.4, 0.5) is 18.9 Å². The molecule has 1 amide bonds. The van der Waals surface area contributed by atoms with E-state index >= 15 is 0 Å². The van der Waals surface area contributed by atoms with Gasteiger partial charge in [0.2, 0.25) is 5.91 Å². The second kappa shape index (κ2) is 9.66. The standard InChI is InChI=1S/C24H23F3N2O3S/c1-17-11-13-22(14-12-17)33(31,32)29(21-10-6-9-20(15-21)24(25,26)27)16-23(30)28-18(2)19-7-4-3-5-8-19/h3-15,18H,16H2,1-2H3,(H,28,30)/t18-/m1/s1. The molecule has 174 valence electrons. The third-order valence-corrected chi connectivity index (χ3v) is 6.82. The van der Waals surface area contributed by atoms with Crippen molar-refractivity contribution in [2.24, 2.45) is 0 Å². The Morgan fingerprint density at radius 3 is 2.21 bits per heavy atom. The molecule has 33 heavy (non-hydrogen) atoms. The first-order chi connectivity index (χ1) is 15.5. The van der Waals surface area contributed by atoms with Gasteiger partial charge in [-0.25, -0.2) is 8.42 Å². The number of anilines is 1. The topological polar surface area (TPSA) is 66.5 Å². The van der Waals surface area contributed by atoms with E-state index in [0.29, 0.717) is 4.31 Å². The van der Waals surface area contributed by atoms with Gasteiger partial charge in [0.05, 0.1) is 22.2 Å².